The summed E-state index contributed by atoms with van der Waals surface area (Å²) in [7, 11) is 0. The molecule has 0 spiro atoms. The van der Waals surface area contributed by atoms with Gasteiger partial charge in [-0.05, 0) is 44.2 Å². The van der Waals surface area contributed by atoms with Crippen molar-refractivity contribution < 1.29 is 18.0 Å². The Morgan fingerprint density at radius 3 is 2.73 bits per heavy atom. The van der Waals surface area contributed by atoms with Crippen LogP contribution in [0.15, 0.2) is 18.3 Å². The maximum Gasteiger partial charge on any atom is 0.391 e. The lowest BCUT2D eigenvalue weighted by molar-refractivity contribution is -0.187. The Morgan fingerprint density at radius 2 is 2.05 bits per heavy atom. The van der Waals surface area contributed by atoms with Crippen LogP contribution < -0.4 is 0 Å². The number of nitrogens with zero attached hydrogens (tertiary/aromatic N) is 1. The molecule has 0 unspecified atom stereocenters. The van der Waals surface area contributed by atoms with Gasteiger partial charge in [-0.3, -0.25) is 4.79 Å². The highest BCUT2D eigenvalue weighted by Gasteiger charge is 2.45. The maximum atomic E-state index is 12.9. The number of nitrogens with one attached hydrogen (secondary N) is 1. The SMILES string of the molecule is O=C([C@@H]1CCC[C@H](C(F)(F)F)C1)N1CCC[C@@H]1c1ccc[nH]1. The first-order valence-corrected chi connectivity index (χ1v) is 7.97. The highest BCUT2D eigenvalue weighted by Crippen LogP contribution is 2.42. The van der Waals surface area contributed by atoms with Crippen molar-refractivity contribution in [2.45, 2.75) is 50.7 Å². The molecule has 0 aromatic carbocycles. The Morgan fingerprint density at radius 1 is 1.23 bits per heavy atom. The van der Waals surface area contributed by atoms with Gasteiger partial charge in [-0.15, -0.1) is 0 Å². The molecule has 1 aliphatic carbocycles. The first-order chi connectivity index (χ1) is 10.5. The number of aromatic amines is 1. The number of hydrogen-bond donors (Lipinski definition) is 1. The molecule has 3 nitrogen and oxygen atoms in total. The normalized spacial score (nSPS) is 29.8. The van der Waals surface area contributed by atoms with Gasteiger partial charge in [-0.2, -0.15) is 13.2 Å². The number of aromatic nitrogens is 1. The second kappa shape index (κ2) is 5.97. The van der Waals surface area contributed by atoms with Crippen molar-refractivity contribution in [3.05, 3.63) is 24.0 Å². The van der Waals surface area contributed by atoms with E-state index >= 15 is 0 Å². The zero-order valence-electron chi connectivity index (χ0n) is 12.4. The van der Waals surface area contributed by atoms with Crippen LogP contribution in [0.4, 0.5) is 13.2 Å². The summed E-state index contributed by atoms with van der Waals surface area (Å²) in [6.07, 6.45) is 0.608. The van der Waals surface area contributed by atoms with Crippen LogP contribution in [-0.2, 0) is 4.79 Å². The van der Waals surface area contributed by atoms with Crippen LogP contribution in [0, 0.1) is 11.8 Å². The van der Waals surface area contributed by atoms with Crippen LogP contribution in [0.1, 0.15) is 50.3 Å². The summed E-state index contributed by atoms with van der Waals surface area (Å²) >= 11 is 0. The molecule has 22 heavy (non-hydrogen) atoms. The van der Waals surface area contributed by atoms with E-state index in [1.54, 1.807) is 4.90 Å². The van der Waals surface area contributed by atoms with Crippen LogP contribution in [0.5, 0.6) is 0 Å². The van der Waals surface area contributed by atoms with Crippen molar-refractivity contribution in [3.8, 4) is 0 Å². The molecule has 2 aliphatic rings. The molecule has 1 N–H and O–H groups in total. The predicted molar refractivity (Wildman–Crippen MR) is 76.0 cm³/mol. The molecule has 6 heteroatoms. The molecule has 1 aromatic heterocycles. The summed E-state index contributed by atoms with van der Waals surface area (Å²) in [6.45, 7) is 0.649. The van der Waals surface area contributed by atoms with E-state index in [1.807, 2.05) is 18.3 Å². The Labute approximate surface area is 127 Å². The monoisotopic (exact) mass is 314 g/mol. The number of likely N-dealkylation sites (tertiary alicyclic amines) is 1. The number of alkyl halides is 3. The van der Waals surface area contributed by atoms with Crippen molar-refractivity contribution in [2.24, 2.45) is 11.8 Å². The second-order valence-electron chi connectivity index (χ2n) is 6.42. The number of rotatable bonds is 2. The number of carbonyl (C=O) groups is 1. The Kier molecular flexibility index (Phi) is 4.19. The van der Waals surface area contributed by atoms with Gasteiger partial charge in [0, 0.05) is 24.4 Å². The maximum absolute atomic E-state index is 12.9. The lowest BCUT2D eigenvalue weighted by Crippen LogP contribution is -2.40. The van der Waals surface area contributed by atoms with Crippen molar-refractivity contribution in [3.63, 3.8) is 0 Å². The Bertz CT molecular complexity index is 512. The first-order valence-electron chi connectivity index (χ1n) is 7.97. The summed E-state index contributed by atoms with van der Waals surface area (Å²) in [6, 6.07) is 3.82. The fourth-order valence-corrected chi connectivity index (χ4v) is 3.85. The third-order valence-corrected chi connectivity index (χ3v) is 5.00. The number of halogens is 3. The van der Waals surface area contributed by atoms with Crippen LogP contribution in [0.3, 0.4) is 0 Å². The highest BCUT2D eigenvalue weighted by molar-refractivity contribution is 5.79. The van der Waals surface area contributed by atoms with Crippen LogP contribution >= 0.6 is 0 Å². The van der Waals surface area contributed by atoms with E-state index in [9.17, 15) is 18.0 Å². The Hall–Kier alpha value is -1.46. The van der Waals surface area contributed by atoms with Gasteiger partial charge in [0.2, 0.25) is 5.91 Å². The number of carbonyl (C=O) groups excluding carboxylic acids is 1. The van der Waals surface area contributed by atoms with Gasteiger partial charge < -0.3 is 9.88 Å². The average Bonchev–Trinajstić information content (AvgIpc) is 3.16. The van der Waals surface area contributed by atoms with Gasteiger partial charge in [0.05, 0.1) is 12.0 Å². The molecule has 1 aliphatic heterocycles. The van der Waals surface area contributed by atoms with Gasteiger partial charge in [0.1, 0.15) is 0 Å². The molecular formula is C16H21F3N2O. The standard InChI is InChI=1S/C16H21F3N2O/c17-16(18,19)12-5-1-4-11(10-12)15(22)21-9-3-7-14(21)13-6-2-8-20-13/h2,6,8,11-12,14,20H,1,3-5,7,9-10H2/t11-,12+,14-/m1/s1. The molecule has 3 atom stereocenters. The van der Waals surface area contributed by atoms with Gasteiger partial charge in [0.15, 0.2) is 0 Å². The van der Waals surface area contributed by atoms with E-state index in [2.05, 4.69) is 4.98 Å². The van der Waals surface area contributed by atoms with E-state index in [4.69, 9.17) is 0 Å². The molecule has 1 saturated carbocycles. The summed E-state index contributed by atoms with van der Waals surface area (Å²) < 4.78 is 38.8. The third kappa shape index (κ3) is 3.01. The minimum atomic E-state index is -4.18. The van der Waals surface area contributed by atoms with E-state index < -0.39 is 18.0 Å². The molecule has 2 fully saturated rings. The topological polar surface area (TPSA) is 36.1 Å². The van der Waals surface area contributed by atoms with Gasteiger partial charge in [-0.1, -0.05) is 6.42 Å². The zero-order chi connectivity index (χ0) is 15.7. The molecule has 1 amide bonds. The van der Waals surface area contributed by atoms with Gasteiger partial charge in [-0.25, -0.2) is 0 Å². The Balaban J connectivity index is 1.70. The zero-order valence-corrected chi connectivity index (χ0v) is 12.4. The fraction of sp³-hybridized carbons (Fsp3) is 0.688. The number of H-pyrrole nitrogens is 1. The second-order valence-corrected chi connectivity index (χ2v) is 6.42. The van der Waals surface area contributed by atoms with Crippen LogP contribution in [0.2, 0.25) is 0 Å². The lowest BCUT2D eigenvalue weighted by Gasteiger charge is -2.34. The quantitative estimate of drug-likeness (QED) is 0.878. The van der Waals surface area contributed by atoms with Crippen molar-refractivity contribution in [2.75, 3.05) is 6.54 Å². The minimum Gasteiger partial charge on any atom is -0.363 e. The third-order valence-electron chi connectivity index (χ3n) is 5.00. The van der Waals surface area contributed by atoms with Crippen molar-refractivity contribution in [1.29, 1.82) is 0 Å². The molecule has 1 saturated heterocycles. The predicted octanol–water partition coefficient (Wildman–Crippen LogP) is 4.05. The van der Waals surface area contributed by atoms with Gasteiger partial charge >= 0.3 is 6.18 Å². The molecule has 122 valence electrons. The minimum absolute atomic E-state index is 0.00577. The lowest BCUT2D eigenvalue weighted by atomic mass is 9.80. The molecule has 0 bridgehead atoms. The largest absolute Gasteiger partial charge is 0.391 e. The van der Waals surface area contributed by atoms with Crippen LogP contribution in [-0.4, -0.2) is 28.5 Å². The molecule has 0 radical (unpaired) electrons. The smallest absolute Gasteiger partial charge is 0.363 e. The van der Waals surface area contributed by atoms with Gasteiger partial charge in [0.25, 0.3) is 0 Å². The molecule has 2 heterocycles. The highest BCUT2D eigenvalue weighted by atomic mass is 19.4. The number of amides is 1. The number of hydrogen-bond acceptors (Lipinski definition) is 1. The summed E-state index contributed by atoms with van der Waals surface area (Å²) in [4.78, 5) is 17.6. The summed E-state index contributed by atoms with van der Waals surface area (Å²) in [5, 5.41) is 0. The van der Waals surface area contributed by atoms with Crippen LogP contribution in [0.25, 0.3) is 0 Å². The summed E-state index contributed by atoms with van der Waals surface area (Å²) in [5.74, 6) is -1.89. The molecule has 1 aromatic rings. The average molecular weight is 314 g/mol. The molecular weight excluding hydrogens is 293 g/mol. The van der Waals surface area contributed by atoms with Crippen molar-refractivity contribution >= 4 is 5.91 Å². The summed E-state index contributed by atoms with van der Waals surface area (Å²) in [5.41, 5.74) is 0.981. The van der Waals surface area contributed by atoms with Crippen molar-refractivity contribution in [1.82, 2.24) is 9.88 Å². The molecule has 3 rings (SSSR count). The van der Waals surface area contributed by atoms with E-state index in [-0.39, 0.29) is 24.8 Å². The fourth-order valence-electron chi connectivity index (χ4n) is 3.85. The van der Waals surface area contributed by atoms with E-state index in [1.165, 1.54) is 0 Å². The first kappa shape index (κ1) is 15.4. The van der Waals surface area contributed by atoms with E-state index in [0.29, 0.717) is 19.4 Å². The van der Waals surface area contributed by atoms with E-state index in [0.717, 1.165) is 18.5 Å².